The van der Waals surface area contributed by atoms with Crippen LogP contribution in [-0.2, 0) is 16.6 Å². The first-order valence-corrected chi connectivity index (χ1v) is 9.47. The molecule has 1 atom stereocenters. The predicted octanol–water partition coefficient (Wildman–Crippen LogP) is 0.937. The van der Waals surface area contributed by atoms with Gasteiger partial charge in [-0.25, -0.2) is 4.98 Å². The maximum Gasteiger partial charge on any atom is 0.260 e. The minimum absolute atomic E-state index is 0.0920. The number of fused-ring (bicyclic) bond motifs is 1. The Balaban J connectivity index is 1.79. The molecule has 150 valence electrons. The average molecular weight is 386 g/mol. The lowest BCUT2D eigenvalue weighted by Gasteiger charge is -2.35. The van der Waals surface area contributed by atoms with Gasteiger partial charge in [-0.2, -0.15) is 0 Å². The van der Waals surface area contributed by atoms with Gasteiger partial charge in [0.05, 0.1) is 36.5 Å². The van der Waals surface area contributed by atoms with Gasteiger partial charge in [-0.15, -0.1) is 0 Å². The van der Waals surface area contributed by atoms with Crippen LogP contribution < -0.4 is 10.9 Å². The van der Waals surface area contributed by atoms with Gasteiger partial charge in [0.1, 0.15) is 0 Å². The van der Waals surface area contributed by atoms with E-state index < -0.39 is 0 Å². The predicted molar refractivity (Wildman–Crippen MR) is 105 cm³/mol. The molecule has 0 unspecified atom stereocenters. The van der Waals surface area contributed by atoms with Crippen molar-refractivity contribution >= 4 is 22.7 Å². The quantitative estimate of drug-likeness (QED) is 0.825. The van der Waals surface area contributed by atoms with E-state index in [9.17, 15) is 14.4 Å². The molecule has 8 nitrogen and oxygen atoms in total. The third kappa shape index (κ3) is 4.39. The van der Waals surface area contributed by atoms with Crippen molar-refractivity contribution in [3.8, 4) is 0 Å². The summed E-state index contributed by atoms with van der Waals surface area (Å²) in [6.07, 6.45) is 1.64. The fourth-order valence-corrected chi connectivity index (χ4v) is 3.20. The fourth-order valence-electron chi connectivity index (χ4n) is 3.20. The van der Waals surface area contributed by atoms with Gasteiger partial charge in [0.15, 0.2) is 0 Å². The molecule has 8 heteroatoms. The van der Waals surface area contributed by atoms with Gasteiger partial charge >= 0.3 is 0 Å². The highest BCUT2D eigenvalue weighted by Crippen LogP contribution is 2.17. The van der Waals surface area contributed by atoms with Gasteiger partial charge in [-0.1, -0.05) is 13.8 Å². The number of rotatable bonds is 5. The van der Waals surface area contributed by atoms with E-state index in [0.717, 1.165) is 0 Å². The van der Waals surface area contributed by atoms with Crippen LogP contribution >= 0.6 is 0 Å². The molecule has 0 radical (unpaired) electrons. The molecule has 28 heavy (non-hydrogen) atoms. The SMILES string of the molecule is CC(C)CNC(=O)C[C@H]1COCCN1C(=O)c1ccc2c(=O)n(C)cnc2c1. The molecule has 1 aromatic carbocycles. The lowest BCUT2D eigenvalue weighted by molar-refractivity contribution is -0.123. The summed E-state index contributed by atoms with van der Waals surface area (Å²) in [5.74, 6) is 0.0853. The third-order valence-electron chi connectivity index (χ3n) is 4.78. The summed E-state index contributed by atoms with van der Waals surface area (Å²) >= 11 is 0. The number of nitrogens with one attached hydrogen (secondary N) is 1. The number of aryl methyl sites for hydroxylation is 1. The third-order valence-corrected chi connectivity index (χ3v) is 4.78. The summed E-state index contributed by atoms with van der Waals surface area (Å²) in [4.78, 5) is 43.4. The van der Waals surface area contributed by atoms with Crippen molar-refractivity contribution < 1.29 is 14.3 Å². The molecule has 1 N–H and O–H groups in total. The van der Waals surface area contributed by atoms with Crippen molar-refractivity contribution in [3.05, 3.63) is 40.4 Å². The fraction of sp³-hybridized carbons (Fsp3) is 0.500. The number of benzene rings is 1. The summed E-state index contributed by atoms with van der Waals surface area (Å²) in [6.45, 7) is 5.84. The molecule has 0 aliphatic carbocycles. The lowest BCUT2D eigenvalue weighted by Crippen LogP contribution is -2.50. The van der Waals surface area contributed by atoms with Crippen LogP contribution in [0.3, 0.4) is 0 Å². The van der Waals surface area contributed by atoms with Crippen LogP contribution in [0, 0.1) is 5.92 Å². The second-order valence-electron chi connectivity index (χ2n) is 7.52. The molecule has 3 rings (SSSR count). The highest BCUT2D eigenvalue weighted by molar-refractivity contribution is 5.98. The first kappa shape index (κ1) is 20.0. The molecular weight excluding hydrogens is 360 g/mol. The zero-order chi connectivity index (χ0) is 20.3. The number of aromatic nitrogens is 2. The molecule has 0 saturated carbocycles. The number of morpholine rings is 1. The van der Waals surface area contributed by atoms with Gasteiger partial charge in [-0.05, 0) is 24.1 Å². The van der Waals surface area contributed by atoms with E-state index in [4.69, 9.17) is 4.74 Å². The van der Waals surface area contributed by atoms with E-state index in [1.54, 1.807) is 30.1 Å². The number of hydrogen-bond acceptors (Lipinski definition) is 5. The van der Waals surface area contributed by atoms with Crippen LogP contribution in [0.4, 0.5) is 0 Å². The summed E-state index contributed by atoms with van der Waals surface area (Å²) in [6, 6.07) is 4.58. The van der Waals surface area contributed by atoms with Crippen molar-refractivity contribution in [3.63, 3.8) is 0 Å². The molecule has 0 bridgehead atoms. The van der Waals surface area contributed by atoms with Crippen LogP contribution in [0.25, 0.3) is 10.9 Å². The molecule has 2 aromatic rings. The molecule has 1 saturated heterocycles. The molecule has 0 spiro atoms. The first-order valence-electron chi connectivity index (χ1n) is 9.47. The van der Waals surface area contributed by atoms with Crippen LogP contribution in [0.1, 0.15) is 30.6 Å². The first-order chi connectivity index (χ1) is 13.4. The number of carbonyl (C=O) groups excluding carboxylic acids is 2. The molecular formula is C20H26N4O4. The van der Waals surface area contributed by atoms with Gasteiger partial charge < -0.3 is 19.5 Å². The Kier molecular flexibility index (Phi) is 6.08. The Bertz CT molecular complexity index is 937. The van der Waals surface area contributed by atoms with Crippen LogP contribution in [-0.4, -0.2) is 58.6 Å². The number of carbonyl (C=O) groups is 2. The monoisotopic (exact) mass is 386 g/mol. The zero-order valence-electron chi connectivity index (χ0n) is 16.5. The lowest BCUT2D eigenvalue weighted by atomic mass is 10.1. The maximum absolute atomic E-state index is 13.1. The normalized spacial score (nSPS) is 17.1. The second-order valence-corrected chi connectivity index (χ2v) is 7.52. The largest absolute Gasteiger partial charge is 0.377 e. The van der Waals surface area contributed by atoms with Gasteiger partial charge in [-0.3, -0.25) is 14.4 Å². The Morgan fingerprint density at radius 3 is 2.89 bits per heavy atom. The minimum Gasteiger partial charge on any atom is -0.377 e. The van der Waals surface area contributed by atoms with Crippen LogP contribution in [0.5, 0.6) is 0 Å². The smallest absolute Gasteiger partial charge is 0.260 e. The number of ether oxygens (including phenoxy) is 1. The van der Waals surface area contributed by atoms with E-state index in [1.165, 1.54) is 10.9 Å². The Labute approximate surface area is 163 Å². The van der Waals surface area contributed by atoms with Crippen molar-refractivity contribution in [2.45, 2.75) is 26.3 Å². The van der Waals surface area contributed by atoms with Gasteiger partial charge in [0.2, 0.25) is 5.91 Å². The number of amides is 2. The maximum atomic E-state index is 13.1. The van der Waals surface area contributed by atoms with Crippen molar-refractivity contribution in [1.82, 2.24) is 19.8 Å². The zero-order valence-corrected chi connectivity index (χ0v) is 16.5. The van der Waals surface area contributed by atoms with Crippen LogP contribution in [0.15, 0.2) is 29.3 Å². The molecule has 1 aromatic heterocycles. The van der Waals surface area contributed by atoms with Crippen molar-refractivity contribution in [1.29, 1.82) is 0 Å². The Hall–Kier alpha value is -2.74. The molecule has 1 aliphatic heterocycles. The number of hydrogen-bond donors (Lipinski definition) is 1. The van der Waals surface area contributed by atoms with E-state index >= 15 is 0 Å². The number of nitrogens with zero attached hydrogens (tertiary/aromatic N) is 3. The van der Waals surface area contributed by atoms with Crippen LogP contribution in [0.2, 0.25) is 0 Å². The van der Waals surface area contributed by atoms with Crippen molar-refractivity contribution in [2.75, 3.05) is 26.3 Å². The summed E-state index contributed by atoms with van der Waals surface area (Å²) in [5, 5.41) is 3.35. The minimum atomic E-state index is -0.319. The summed E-state index contributed by atoms with van der Waals surface area (Å²) in [5.41, 5.74) is 0.770. The highest BCUT2D eigenvalue weighted by Gasteiger charge is 2.30. The molecule has 2 heterocycles. The van der Waals surface area contributed by atoms with E-state index in [2.05, 4.69) is 10.3 Å². The highest BCUT2D eigenvalue weighted by atomic mass is 16.5. The summed E-state index contributed by atoms with van der Waals surface area (Å²) in [7, 11) is 1.64. The van der Waals surface area contributed by atoms with Gasteiger partial charge in [0.25, 0.3) is 11.5 Å². The molecule has 1 aliphatic rings. The average Bonchev–Trinajstić information content (AvgIpc) is 2.69. The standard InChI is InChI=1S/C20H26N4O4/c1-13(2)10-21-18(25)9-15-11-28-7-6-24(15)19(26)14-4-5-16-17(8-14)22-12-23(3)20(16)27/h4-5,8,12-13,15H,6-7,9-11H2,1-3H3,(H,21,25)/t15-/m0/s1. The Morgan fingerprint density at radius 1 is 1.36 bits per heavy atom. The van der Waals surface area contributed by atoms with Gasteiger partial charge in [0, 0.05) is 32.1 Å². The second kappa shape index (κ2) is 8.52. The molecule has 2 amide bonds. The van der Waals surface area contributed by atoms with E-state index in [-0.39, 0.29) is 29.8 Å². The van der Waals surface area contributed by atoms with Crippen molar-refractivity contribution in [2.24, 2.45) is 13.0 Å². The summed E-state index contributed by atoms with van der Waals surface area (Å²) < 4.78 is 6.89. The van der Waals surface area contributed by atoms with E-state index in [1.807, 2.05) is 13.8 Å². The topological polar surface area (TPSA) is 93.5 Å². The van der Waals surface area contributed by atoms with E-state index in [0.29, 0.717) is 48.7 Å². The Morgan fingerprint density at radius 2 is 2.14 bits per heavy atom. The molecule has 1 fully saturated rings.